The number of halogens is 1. The van der Waals surface area contributed by atoms with Gasteiger partial charge in [0.25, 0.3) is 5.91 Å². The first kappa shape index (κ1) is 28.0. The van der Waals surface area contributed by atoms with E-state index in [-0.39, 0.29) is 22.5 Å². The van der Waals surface area contributed by atoms with Crippen molar-refractivity contribution in [3.8, 4) is 5.75 Å². The highest BCUT2D eigenvalue weighted by atomic mass is 35.5. The molecule has 0 aliphatic heterocycles. The lowest BCUT2D eigenvalue weighted by molar-refractivity contribution is 0.0952. The lowest BCUT2D eigenvalue weighted by Gasteiger charge is -2.29. The second-order valence-corrected chi connectivity index (χ2v) is 9.87. The number of hydrogen-bond donors (Lipinski definition) is 3. The fraction of sp³-hybridized carbons (Fsp3) is 0.226. The Morgan fingerprint density at radius 2 is 1.64 bits per heavy atom. The third kappa shape index (κ3) is 6.50. The van der Waals surface area contributed by atoms with Crippen LogP contribution in [0.3, 0.4) is 0 Å². The number of benzene rings is 4. The molecule has 4 aromatic rings. The van der Waals surface area contributed by atoms with Gasteiger partial charge in [0.05, 0.1) is 17.5 Å². The lowest BCUT2D eigenvalue weighted by atomic mass is 9.83. The largest absolute Gasteiger partial charge is 0.505 e. The normalized spacial score (nSPS) is 12.0. The number of azo groups is 1. The van der Waals surface area contributed by atoms with Crippen LogP contribution >= 0.6 is 11.6 Å². The number of hydrogen-bond acceptors (Lipinski definition) is 6. The first-order valence-corrected chi connectivity index (χ1v) is 13.4. The van der Waals surface area contributed by atoms with E-state index in [1.165, 1.54) is 6.21 Å². The minimum absolute atomic E-state index is 0.0290. The van der Waals surface area contributed by atoms with Gasteiger partial charge < -0.3 is 10.8 Å². The van der Waals surface area contributed by atoms with Gasteiger partial charge in [-0.05, 0) is 48.1 Å². The van der Waals surface area contributed by atoms with E-state index in [4.69, 9.17) is 17.3 Å². The first-order valence-electron chi connectivity index (χ1n) is 13.0. The average Bonchev–Trinajstić information content (AvgIpc) is 2.94. The summed E-state index contributed by atoms with van der Waals surface area (Å²) in [5, 5.41) is 25.7. The van der Waals surface area contributed by atoms with Gasteiger partial charge in [-0.25, -0.2) is 5.43 Å². The Morgan fingerprint density at radius 1 is 0.974 bits per heavy atom. The van der Waals surface area contributed by atoms with Gasteiger partial charge >= 0.3 is 0 Å². The number of carbonyl (C=O) groups excluding carboxylic acids is 1. The molecule has 0 radical (unpaired) electrons. The standard InChI is InChI=1S/C31H32ClN5O2/c1-3-17-31(33,18-4-2)23-13-15-24(16-14-23)35-36-28-25-11-7-5-9-21(25)19-26(29(28)38)30(39)37-34-20-22-10-6-8-12-27(22)32/h5-16,19-20,38H,3-4,17-18,33H2,1-2H3,(H,37,39)/b34-20?,36-35-. The second kappa shape index (κ2) is 12.7. The van der Waals surface area contributed by atoms with Gasteiger partial charge in [0, 0.05) is 21.5 Å². The maximum Gasteiger partial charge on any atom is 0.275 e. The number of nitrogens with two attached hydrogens (primary N) is 1. The Kier molecular flexibility index (Phi) is 9.07. The molecule has 8 heteroatoms. The highest BCUT2D eigenvalue weighted by molar-refractivity contribution is 6.33. The molecule has 0 atom stereocenters. The van der Waals surface area contributed by atoms with Gasteiger partial charge in [-0.2, -0.15) is 10.2 Å². The Labute approximate surface area is 233 Å². The molecule has 4 aromatic carbocycles. The van der Waals surface area contributed by atoms with E-state index in [0.29, 0.717) is 21.7 Å². The molecule has 0 saturated carbocycles. The molecule has 4 rings (SSSR count). The molecule has 200 valence electrons. The molecule has 0 unspecified atom stereocenters. The van der Waals surface area contributed by atoms with Crippen LogP contribution in [-0.2, 0) is 5.54 Å². The van der Waals surface area contributed by atoms with Crippen molar-refractivity contribution in [3.63, 3.8) is 0 Å². The summed E-state index contributed by atoms with van der Waals surface area (Å²) in [6.45, 7) is 4.27. The predicted molar refractivity (Wildman–Crippen MR) is 158 cm³/mol. The van der Waals surface area contributed by atoms with Crippen molar-refractivity contribution in [2.45, 2.75) is 45.1 Å². The predicted octanol–water partition coefficient (Wildman–Crippen LogP) is 8.13. The van der Waals surface area contributed by atoms with E-state index in [9.17, 15) is 9.90 Å². The number of fused-ring (bicyclic) bond motifs is 1. The molecule has 4 N–H and O–H groups in total. The van der Waals surface area contributed by atoms with Crippen LogP contribution in [0.25, 0.3) is 10.8 Å². The molecular formula is C31H32ClN5O2. The number of hydrazone groups is 1. The molecule has 1 amide bonds. The van der Waals surface area contributed by atoms with Crippen LogP contribution < -0.4 is 11.2 Å². The van der Waals surface area contributed by atoms with Crippen LogP contribution in [0.4, 0.5) is 11.4 Å². The summed E-state index contributed by atoms with van der Waals surface area (Å²) in [6, 6.07) is 23.8. The number of phenols is 1. The van der Waals surface area contributed by atoms with Crippen molar-refractivity contribution in [2.75, 3.05) is 0 Å². The van der Waals surface area contributed by atoms with Crippen molar-refractivity contribution in [1.82, 2.24) is 5.43 Å². The Bertz CT molecular complexity index is 1510. The fourth-order valence-electron chi connectivity index (χ4n) is 4.67. The number of aromatic hydroxyl groups is 1. The second-order valence-electron chi connectivity index (χ2n) is 9.47. The molecule has 0 spiro atoms. The highest BCUT2D eigenvalue weighted by Gasteiger charge is 2.25. The van der Waals surface area contributed by atoms with Gasteiger partial charge in [0.1, 0.15) is 5.69 Å². The summed E-state index contributed by atoms with van der Waals surface area (Å²) < 4.78 is 0. The minimum atomic E-state index is -0.589. The average molecular weight is 542 g/mol. The fourth-order valence-corrected chi connectivity index (χ4v) is 4.85. The summed E-state index contributed by atoms with van der Waals surface area (Å²) in [5.74, 6) is -0.875. The molecule has 7 nitrogen and oxygen atoms in total. The molecule has 0 aromatic heterocycles. The van der Waals surface area contributed by atoms with E-state index < -0.39 is 5.91 Å². The first-order chi connectivity index (χ1) is 18.9. The summed E-state index contributed by atoms with van der Waals surface area (Å²) in [6.07, 6.45) is 5.25. The zero-order chi connectivity index (χ0) is 27.8. The number of phenolic OH excluding ortho intramolecular Hbond substituents is 1. The van der Waals surface area contributed by atoms with Gasteiger partial charge in [0.2, 0.25) is 0 Å². The highest BCUT2D eigenvalue weighted by Crippen LogP contribution is 2.39. The zero-order valence-electron chi connectivity index (χ0n) is 22.1. The zero-order valence-corrected chi connectivity index (χ0v) is 22.8. The molecule has 0 fully saturated rings. The Balaban J connectivity index is 1.62. The minimum Gasteiger partial charge on any atom is -0.505 e. The SMILES string of the molecule is CCCC(N)(CCC)c1ccc(/N=N\c2c(O)c(C(=O)NN=Cc3ccccc3Cl)cc3ccccc23)cc1. The Hall–Kier alpha value is -4.07. The lowest BCUT2D eigenvalue weighted by Crippen LogP contribution is -2.36. The van der Waals surface area contributed by atoms with E-state index in [2.05, 4.69) is 34.6 Å². The van der Waals surface area contributed by atoms with Crippen molar-refractivity contribution in [3.05, 3.63) is 101 Å². The third-order valence-electron chi connectivity index (χ3n) is 6.61. The van der Waals surface area contributed by atoms with Gasteiger partial charge in [-0.15, -0.1) is 5.11 Å². The maximum atomic E-state index is 12.9. The van der Waals surface area contributed by atoms with Crippen molar-refractivity contribution < 1.29 is 9.90 Å². The van der Waals surface area contributed by atoms with Gasteiger partial charge in [0.15, 0.2) is 5.75 Å². The molecule has 39 heavy (non-hydrogen) atoms. The number of amides is 1. The van der Waals surface area contributed by atoms with Crippen molar-refractivity contribution in [1.29, 1.82) is 0 Å². The summed E-state index contributed by atoms with van der Waals surface area (Å²) in [7, 11) is 0. The molecule has 0 aliphatic carbocycles. The summed E-state index contributed by atoms with van der Waals surface area (Å²) in [4.78, 5) is 12.9. The molecular weight excluding hydrogens is 510 g/mol. The maximum absolute atomic E-state index is 12.9. The third-order valence-corrected chi connectivity index (χ3v) is 6.96. The Morgan fingerprint density at radius 3 is 2.33 bits per heavy atom. The van der Waals surface area contributed by atoms with E-state index in [1.807, 2.05) is 54.6 Å². The van der Waals surface area contributed by atoms with Crippen LogP contribution in [0.15, 0.2) is 94.2 Å². The topological polar surface area (TPSA) is 112 Å². The summed E-state index contributed by atoms with van der Waals surface area (Å²) >= 11 is 6.14. The number of rotatable bonds is 10. The summed E-state index contributed by atoms with van der Waals surface area (Å²) in [5.41, 5.74) is 11.3. The van der Waals surface area contributed by atoms with E-state index in [0.717, 1.165) is 36.6 Å². The van der Waals surface area contributed by atoms with E-state index >= 15 is 0 Å². The van der Waals surface area contributed by atoms with Crippen LogP contribution in [0.2, 0.25) is 5.02 Å². The molecule has 0 saturated heterocycles. The number of carbonyl (C=O) groups is 1. The van der Waals surface area contributed by atoms with Gasteiger partial charge in [-0.3, -0.25) is 4.79 Å². The number of nitrogens with zero attached hydrogens (tertiary/aromatic N) is 3. The molecule has 0 heterocycles. The number of nitrogens with one attached hydrogen (secondary N) is 1. The van der Waals surface area contributed by atoms with Crippen molar-refractivity contribution in [2.24, 2.45) is 21.1 Å². The monoisotopic (exact) mass is 541 g/mol. The molecule has 0 aliphatic rings. The van der Waals surface area contributed by atoms with Crippen LogP contribution in [0, 0.1) is 0 Å². The molecule has 0 bridgehead atoms. The quantitative estimate of drug-likeness (QED) is 0.107. The van der Waals surface area contributed by atoms with Gasteiger partial charge in [-0.1, -0.05) is 92.9 Å². The van der Waals surface area contributed by atoms with Crippen LogP contribution in [-0.4, -0.2) is 17.2 Å². The van der Waals surface area contributed by atoms with Crippen LogP contribution in [0.1, 0.15) is 61.0 Å². The van der Waals surface area contributed by atoms with Crippen LogP contribution in [0.5, 0.6) is 5.75 Å². The van der Waals surface area contributed by atoms with E-state index in [1.54, 1.807) is 24.3 Å². The smallest absolute Gasteiger partial charge is 0.275 e. The van der Waals surface area contributed by atoms with Crippen molar-refractivity contribution >= 4 is 45.9 Å².